The van der Waals surface area contributed by atoms with Crippen molar-refractivity contribution in [2.24, 2.45) is 0 Å². The number of hydrogen-bond acceptors (Lipinski definition) is 4. The molecule has 0 unspecified atom stereocenters. The smallest absolute Gasteiger partial charge is 0.308 e. The highest BCUT2D eigenvalue weighted by Crippen LogP contribution is 2.15. The van der Waals surface area contributed by atoms with E-state index >= 15 is 0 Å². The maximum atomic E-state index is 12.1. The summed E-state index contributed by atoms with van der Waals surface area (Å²) in [7, 11) is 0. The number of ether oxygens (including phenoxy) is 1. The van der Waals surface area contributed by atoms with Gasteiger partial charge in [0.15, 0.2) is 0 Å². The molecule has 0 heterocycles. The lowest BCUT2D eigenvalue weighted by Gasteiger charge is -2.09. The van der Waals surface area contributed by atoms with Gasteiger partial charge in [0.25, 0.3) is 11.8 Å². The molecule has 2 rings (SSSR count). The summed E-state index contributed by atoms with van der Waals surface area (Å²) in [5.41, 5.74) is 2.14. The summed E-state index contributed by atoms with van der Waals surface area (Å²) in [4.78, 5) is 35.2. The molecule has 142 valence electrons. The lowest BCUT2D eigenvalue weighted by atomic mass is 10.0. The molecule has 0 saturated heterocycles. The Morgan fingerprint density at radius 2 is 1.48 bits per heavy atom. The molecule has 0 saturated carbocycles. The van der Waals surface area contributed by atoms with Gasteiger partial charge in [0.2, 0.25) is 0 Å². The van der Waals surface area contributed by atoms with E-state index in [1.54, 1.807) is 30.3 Å². The molecule has 6 nitrogen and oxygen atoms in total. The first-order chi connectivity index (χ1) is 12.9. The minimum atomic E-state index is -0.448. The Hall–Kier alpha value is -3.15. The molecule has 0 bridgehead atoms. The minimum absolute atomic E-state index is 0.184. The van der Waals surface area contributed by atoms with Gasteiger partial charge in [-0.25, -0.2) is 0 Å². The van der Waals surface area contributed by atoms with E-state index < -0.39 is 5.97 Å². The van der Waals surface area contributed by atoms with Crippen LogP contribution in [0, 0.1) is 0 Å². The third kappa shape index (κ3) is 6.26. The Kier molecular flexibility index (Phi) is 7.11. The van der Waals surface area contributed by atoms with Crippen LogP contribution in [0.3, 0.4) is 0 Å². The average Bonchev–Trinajstić information content (AvgIpc) is 2.64. The van der Waals surface area contributed by atoms with Crippen LogP contribution in [0.4, 0.5) is 0 Å². The molecule has 0 aromatic heterocycles. The van der Waals surface area contributed by atoms with Crippen LogP contribution in [-0.4, -0.2) is 30.9 Å². The minimum Gasteiger partial charge on any atom is -0.427 e. The van der Waals surface area contributed by atoms with Crippen LogP contribution >= 0.6 is 0 Å². The van der Waals surface area contributed by atoms with E-state index in [0.29, 0.717) is 29.3 Å². The molecular weight excluding hydrogens is 344 g/mol. The summed E-state index contributed by atoms with van der Waals surface area (Å²) >= 11 is 0. The summed E-state index contributed by atoms with van der Waals surface area (Å²) in [5.74, 6) is -0.211. The van der Waals surface area contributed by atoms with Crippen LogP contribution in [0.25, 0.3) is 0 Å². The molecule has 2 aromatic carbocycles. The predicted octanol–water partition coefficient (Wildman–Crippen LogP) is 2.90. The van der Waals surface area contributed by atoms with Crippen LogP contribution in [0.1, 0.15) is 53.0 Å². The Balaban J connectivity index is 1.79. The van der Waals surface area contributed by atoms with Crippen LogP contribution in [0.15, 0.2) is 48.5 Å². The van der Waals surface area contributed by atoms with Crippen LogP contribution in [0.5, 0.6) is 5.75 Å². The lowest BCUT2D eigenvalue weighted by molar-refractivity contribution is -0.131. The van der Waals surface area contributed by atoms with Gasteiger partial charge in [-0.3, -0.25) is 14.4 Å². The van der Waals surface area contributed by atoms with Crippen LogP contribution in [-0.2, 0) is 4.79 Å². The van der Waals surface area contributed by atoms with Gasteiger partial charge in [0, 0.05) is 31.1 Å². The third-order valence-corrected chi connectivity index (χ3v) is 3.89. The maximum absolute atomic E-state index is 12.1. The number of amides is 2. The van der Waals surface area contributed by atoms with Crippen molar-refractivity contribution in [3.05, 3.63) is 65.2 Å². The van der Waals surface area contributed by atoms with E-state index in [0.717, 1.165) is 0 Å². The standard InChI is InChI=1S/C21H24N2O4/c1-14(2)16-7-9-17(10-8-16)20(25)22-11-12-23-21(26)18-5-4-6-19(13-18)27-15(3)24/h4-10,13-14H,11-12H2,1-3H3,(H,22,25)(H,23,26). The molecule has 0 atom stereocenters. The van der Waals surface area contributed by atoms with Crippen molar-refractivity contribution in [1.82, 2.24) is 10.6 Å². The van der Waals surface area contributed by atoms with E-state index in [2.05, 4.69) is 24.5 Å². The molecule has 2 N–H and O–H groups in total. The molecule has 2 aromatic rings. The Bertz CT molecular complexity index is 813. The molecular formula is C21H24N2O4. The van der Waals surface area contributed by atoms with Gasteiger partial charge < -0.3 is 15.4 Å². The second-order valence-corrected chi connectivity index (χ2v) is 6.41. The van der Waals surface area contributed by atoms with Gasteiger partial charge in [-0.15, -0.1) is 0 Å². The van der Waals surface area contributed by atoms with Crippen molar-refractivity contribution in [1.29, 1.82) is 0 Å². The van der Waals surface area contributed by atoms with Crippen molar-refractivity contribution in [2.75, 3.05) is 13.1 Å². The second kappa shape index (κ2) is 9.52. The fraction of sp³-hybridized carbons (Fsp3) is 0.286. The van der Waals surface area contributed by atoms with Gasteiger partial charge in [-0.2, -0.15) is 0 Å². The molecule has 2 amide bonds. The van der Waals surface area contributed by atoms with E-state index in [-0.39, 0.29) is 18.4 Å². The second-order valence-electron chi connectivity index (χ2n) is 6.41. The Labute approximate surface area is 158 Å². The van der Waals surface area contributed by atoms with Gasteiger partial charge >= 0.3 is 5.97 Å². The van der Waals surface area contributed by atoms with Crippen molar-refractivity contribution >= 4 is 17.8 Å². The Morgan fingerprint density at radius 3 is 2.04 bits per heavy atom. The summed E-state index contributed by atoms with van der Waals surface area (Å²) in [6.07, 6.45) is 0. The first kappa shape index (κ1) is 20.2. The average molecular weight is 368 g/mol. The predicted molar refractivity (Wildman–Crippen MR) is 103 cm³/mol. The molecule has 27 heavy (non-hydrogen) atoms. The fourth-order valence-electron chi connectivity index (χ4n) is 2.44. The Morgan fingerprint density at radius 1 is 0.889 bits per heavy atom. The quantitative estimate of drug-likeness (QED) is 0.447. The van der Waals surface area contributed by atoms with Gasteiger partial charge in [0.05, 0.1) is 0 Å². The highest BCUT2D eigenvalue weighted by Gasteiger charge is 2.09. The summed E-state index contributed by atoms with van der Waals surface area (Å²) in [6, 6.07) is 13.8. The zero-order chi connectivity index (χ0) is 19.8. The molecule has 0 spiro atoms. The van der Waals surface area contributed by atoms with E-state index in [4.69, 9.17) is 4.74 Å². The van der Waals surface area contributed by atoms with Crippen LogP contribution < -0.4 is 15.4 Å². The number of rotatable bonds is 7. The number of nitrogens with one attached hydrogen (secondary N) is 2. The first-order valence-corrected chi connectivity index (χ1v) is 8.81. The highest BCUT2D eigenvalue weighted by atomic mass is 16.5. The van der Waals surface area contributed by atoms with Crippen molar-refractivity contribution in [3.8, 4) is 5.75 Å². The summed E-state index contributed by atoms with van der Waals surface area (Å²) < 4.78 is 4.96. The number of carbonyl (C=O) groups excluding carboxylic acids is 3. The fourth-order valence-corrected chi connectivity index (χ4v) is 2.44. The third-order valence-electron chi connectivity index (χ3n) is 3.89. The SMILES string of the molecule is CC(=O)Oc1cccc(C(=O)NCCNC(=O)c2ccc(C(C)C)cc2)c1. The maximum Gasteiger partial charge on any atom is 0.308 e. The highest BCUT2D eigenvalue weighted by molar-refractivity contribution is 5.95. The topological polar surface area (TPSA) is 84.5 Å². The molecule has 0 aliphatic carbocycles. The van der Waals surface area contributed by atoms with Gasteiger partial charge in [-0.1, -0.05) is 32.0 Å². The normalized spacial score (nSPS) is 10.4. The number of carbonyl (C=O) groups is 3. The number of esters is 1. The summed E-state index contributed by atoms with van der Waals surface area (Å²) in [6.45, 7) is 6.08. The lowest BCUT2D eigenvalue weighted by Crippen LogP contribution is -2.34. The van der Waals surface area contributed by atoms with Gasteiger partial charge in [0.1, 0.15) is 5.75 Å². The van der Waals surface area contributed by atoms with E-state index in [1.165, 1.54) is 18.6 Å². The molecule has 0 radical (unpaired) electrons. The zero-order valence-electron chi connectivity index (χ0n) is 15.7. The number of benzene rings is 2. The zero-order valence-corrected chi connectivity index (χ0v) is 15.7. The molecule has 0 fully saturated rings. The van der Waals surface area contributed by atoms with Crippen molar-refractivity contribution in [3.63, 3.8) is 0 Å². The molecule has 0 aliphatic rings. The van der Waals surface area contributed by atoms with Crippen LogP contribution in [0.2, 0.25) is 0 Å². The van der Waals surface area contributed by atoms with Crippen molar-refractivity contribution in [2.45, 2.75) is 26.7 Å². The number of hydrogen-bond donors (Lipinski definition) is 2. The first-order valence-electron chi connectivity index (χ1n) is 8.81. The van der Waals surface area contributed by atoms with Gasteiger partial charge in [-0.05, 0) is 41.8 Å². The monoisotopic (exact) mass is 368 g/mol. The van der Waals surface area contributed by atoms with E-state index in [1.807, 2.05) is 12.1 Å². The summed E-state index contributed by atoms with van der Waals surface area (Å²) in [5, 5.41) is 5.49. The van der Waals surface area contributed by atoms with Crippen molar-refractivity contribution < 1.29 is 19.1 Å². The largest absolute Gasteiger partial charge is 0.427 e. The van der Waals surface area contributed by atoms with E-state index in [9.17, 15) is 14.4 Å². The molecule has 6 heteroatoms. The molecule has 0 aliphatic heterocycles.